The standard InChI is InChI=1S/C21H38N2O6.Li/c1-4-5-6-7-8-19(25)22-11-14-23(15-16-24,12-9-17(2)20(26)27)13-10-18(3)21(28)29;/h6-7,17-18,24H,4-5,8-16H2,1-3H3,(H2-,22,25,26,27,28,29);/q;+1/b7-6+;. The Morgan fingerprint density at radius 1 is 1.03 bits per heavy atom. The van der Waals surface area contributed by atoms with Crippen LogP contribution in [0.2, 0.25) is 0 Å². The minimum Gasteiger partial charge on any atom is -0.550 e. The zero-order valence-corrected chi connectivity index (χ0v) is 19.1. The number of unbranched alkanes of at least 4 members (excludes halogenated alkanes) is 1. The maximum absolute atomic E-state index is 12.0. The molecule has 0 aromatic heterocycles. The number of carbonyl (C=O) groups is 3. The summed E-state index contributed by atoms with van der Waals surface area (Å²) in [4.78, 5) is 34.2. The van der Waals surface area contributed by atoms with Crippen LogP contribution in [-0.4, -0.2) is 71.9 Å². The van der Waals surface area contributed by atoms with Crippen LogP contribution in [0.1, 0.15) is 52.9 Å². The molecule has 0 rings (SSSR count). The molecule has 3 unspecified atom stereocenters. The summed E-state index contributed by atoms with van der Waals surface area (Å²) in [5, 5.41) is 32.7. The first-order chi connectivity index (χ1) is 13.7. The molecule has 1 amide bonds. The Kier molecular flexibility index (Phi) is 17.9. The van der Waals surface area contributed by atoms with E-state index in [1.165, 1.54) is 0 Å². The maximum Gasteiger partial charge on any atom is 1.00 e. The Bertz CT molecular complexity index is 518. The zero-order chi connectivity index (χ0) is 22.3. The fourth-order valence-corrected chi connectivity index (χ4v) is 3.04. The number of carboxylic acids is 2. The Morgan fingerprint density at radius 3 is 2.13 bits per heavy atom. The van der Waals surface area contributed by atoms with Crippen LogP contribution in [0, 0.1) is 11.8 Å². The first-order valence-corrected chi connectivity index (χ1v) is 10.5. The fraction of sp³-hybridized carbons (Fsp3) is 0.762. The first-order valence-electron chi connectivity index (χ1n) is 10.5. The van der Waals surface area contributed by atoms with Crippen LogP contribution in [0.4, 0.5) is 0 Å². The molecule has 3 atom stereocenters. The van der Waals surface area contributed by atoms with E-state index >= 15 is 0 Å². The van der Waals surface area contributed by atoms with Crippen molar-refractivity contribution in [3.05, 3.63) is 12.2 Å². The van der Waals surface area contributed by atoms with Crippen LogP contribution in [-0.2, 0) is 14.4 Å². The van der Waals surface area contributed by atoms with Crippen molar-refractivity contribution in [1.82, 2.24) is 5.32 Å². The van der Waals surface area contributed by atoms with Gasteiger partial charge < -0.3 is 29.9 Å². The molecule has 8 nitrogen and oxygen atoms in total. The Hall–Kier alpha value is -1.33. The first kappa shape index (κ1) is 30.9. The number of nitrogens with one attached hydrogen (secondary N) is 1. The van der Waals surface area contributed by atoms with Crippen molar-refractivity contribution in [3.63, 3.8) is 0 Å². The van der Waals surface area contributed by atoms with Gasteiger partial charge in [0, 0.05) is 31.1 Å². The molecule has 0 aliphatic heterocycles. The third kappa shape index (κ3) is 13.8. The van der Waals surface area contributed by atoms with E-state index in [-0.39, 0.29) is 31.4 Å². The number of carbonyl (C=O) groups excluding carboxylic acids is 2. The molecule has 0 aromatic rings. The zero-order valence-electron chi connectivity index (χ0n) is 19.1. The van der Waals surface area contributed by atoms with Crippen LogP contribution < -0.4 is 29.3 Å². The molecule has 0 aliphatic carbocycles. The van der Waals surface area contributed by atoms with Gasteiger partial charge in [-0.05, 0) is 6.42 Å². The van der Waals surface area contributed by atoms with Crippen LogP contribution >= 0.6 is 0 Å². The Labute approximate surface area is 192 Å². The third-order valence-electron chi connectivity index (χ3n) is 5.30. The quantitative estimate of drug-likeness (QED) is 0.136. The van der Waals surface area contributed by atoms with Crippen molar-refractivity contribution in [3.8, 4) is 0 Å². The number of allylic oxidation sites excluding steroid dienone is 1. The molecule has 0 fully saturated rings. The molecule has 168 valence electrons. The average molecular weight is 421 g/mol. The molecule has 0 saturated heterocycles. The summed E-state index contributed by atoms with van der Waals surface area (Å²) in [5.74, 6) is -3.29. The van der Waals surface area contributed by atoms with Gasteiger partial charge in [-0.15, -0.1) is 0 Å². The van der Waals surface area contributed by atoms with Gasteiger partial charge in [-0.1, -0.05) is 39.3 Å². The topological polar surface area (TPSA) is 127 Å². The normalized spacial score (nSPS) is 15.1. The van der Waals surface area contributed by atoms with Crippen molar-refractivity contribution in [1.29, 1.82) is 0 Å². The van der Waals surface area contributed by atoms with Gasteiger partial charge in [-0.25, -0.2) is 0 Å². The second-order valence-electron chi connectivity index (χ2n) is 7.81. The van der Waals surface area contributed by atoms with E-state index in [1.54, 1.807) is 13.8 Å². The van der Waals surface area contributed by atoms with Crippen molar-refractivity contribution in [2.45, 2.75) is 52.9 Å². The number of nitrogens with zero attached hydrogens (tertiary/aromatic N) is 1. The maximum atomic E-state index is 12.0. The van der Waals surface area contributed by atoms with E-state index in [9.17, 15) is 24.6 Å². The SMILES string of the molecule is CCC/C=C/CC(=O)NCC[N+](CCO)(CCC(C)C(=O)[O-])CCC(C)C(=O)O.[Li+]. The van der Waals surface area contributed by atoms with Gasteiger partial charge in [0.2, 0.25) is 5.91 Å². The number of rotatable bonds is 17. The predicted octanol–water partition coefficient (Wildman–Crippen LogP) is -2.45. The largest absolute Gasteiger partial charge is 1.00 e. The second-order valence-corrected chi connectivity index (χ2v) is 7.81. The summed E-state index contributed by atoms with van der Waals surface area (Å²) in [6.45, 7) is 7.37. The van der Waals surface area contributed by atoms with E-state index in [0.717, 1.165) is 12.8 Å². The summed E-state index contributed by atoms with van der Waals surface area (Å²) in [5.41, 5.74) is 0. The number of quaternary nitrogens is 1. The van der Waals surface area contributed by atoms with Gasteiger partial charge in [0.15, 0.2) is 0 Å². The summed E-state index contributed by atoms with van der Waals surface area (Å²) in [6, 6.07) is 0. The molecule has 0 aromatic carbocycles. The Morgan fingerprint density at radius 2 is 1.63 bits per heavy atom. The summed E-state index contributed by atoms with van der Waals surface area (Å²) in [7, 11) is 0. The van der Waals surface area contributed by atoms with Crippen molar-refractivity contribution in [2.75, 3.05) is 39.3 Å². The van der Waals surface area contributed by atoms with E-state index in [2.05, 4.69) is 12.2 Å². The number of hydrogen-bond acceptors (Lipinski definition) is 5. The summed E-state index contributed by atoms with van der Waals surface area (Å²) < 4.78 is 0.359. The second kappa shape index (κ2) is 17.4. The van der Waals surface area contributed by atoms with Crippen LogP contribution in [0.15, 0.2) is 12.2 Å². The van der Waals surface area contributed by atoms with Gasteiger partial charge in [-0.3, -0.25) is 9.59 Å². The van der Waals surface area contributed by atoms with Gasteiger partial charge in [0.25, 0.3) is 0 Å². The molecule has 0 aliphatic rings. The molecule has 0 bridgehead atoms. The van der Waals surface area contributed by atoms with Gasteiger partial charge >= 0.3 is 24.8 Å². The number of aliphatic carboxylic acids is 2. The van der Waals surface area contributed by atoms with E-state index in [4.69, 9.17) is 5.11 Å². The van der Waals surface area contributed by atoms with E-state index in [0.29, 0.717) is 56.5 Å². The monoisotopic (exact) mass is 421 g/mol. The van der Waals surface area contributed by atoms with Crippen LogP contribution in [0.5, 0.6) is 0 Å². The molecule has 9 heteroatoms. The van der Waals surface area contributed by atoms with Gasteiger partial charge in [0.1, 0.15) is 6.54 Å². The molecule has 0 radical (unpaired) electrons. The average Bonchev–Trinajstić information content (AvgIpc) is 2.67. The van der Waals surface area contributed by atoms with E-state index in [1.807, 2.05) is 12.2 Å². The number of hydrogen-bond donors (Lipinski definition) is 3. The minimum absolute atomic E-state index is 0. The van der Waals surface area contributed by atoms with Crippen molar-refractivity contribution < 1.29 is 53.0 Å². The van der Waals surface area contributed by atoms with Crippen molar-refractivity contribution >= 4 is 17.8 Å². The fourth-order valence-electron chi connectivity index (χ4n) is 3.04. The molecular weight excluding hydrogens is 383 g/mol. The number of amides is 1. The molecule has 30 heavy (non-hydrogen) atoms. The summed E-state index contributed by atoms with van der Waals surface area (Å²) >= 11 is 0. The van der Waals surface area contributed by atoms with Crippen LogP contribution in [0.3, 0.4) is 0 Å². The van der Waals surface area contributed by atoms with E-state index < -0.39 is 23.8 Å². The predicted molar refractivity (Wildman–Crippen MR) is 109 cm³/mol. The number of aliphatic hydroxyl groups is 1. The molecule has 0 heterocycles. The minimum atomic E-state index is -1.13. The summed E-state index contributed by atoms with van der Waals surface area (Å²) in [6.07, 6.45) is 6.84. The molecule has 3 N–H and O–H groups in total. The van der Waals surface area contributed by atoms with Crippen LogP contribution in [0.25, 0.3) is 0 Å². The molecule has 0 saturated carbocycles. The smallest absolute Gasteiger partial charge is 0.550 e. The van der Waals surface area contributed by atoms with Crippen molar-refractivity contribution in [2.24, 2.45) is 11.8 Å². The number of aliphatic hydroxyl groups excluding tert-OH is 1. The molecular formula is C21H38LiN2O6+. The third-order valence-corrected chi connectivity index (χ3v) is 5.30. The molecule has 0 spiro atoms. The van der Waals surface area contributed by atoms with Gasteiger partial charge in [-0.2, -0.15) is 0 Å². The Balaban J connectivity index is 0. The number of carboxylic acid groups (broad SMARTS) is 2. The van der Waals surface area contributed by atoms with Gasteiger partial charge in [0.05, 0.1) is 38.7 Å².